The largest absolute Gasteiger partial charge is 0.477 e. The normalized spacial score (nSPS) is 26.8. The summed E-state index contributed by atoms with van der Waals surface area (Å²) in [6.07, 6.45) is 0. The summed E-state index contributed by atoms with van der Waals surface area (Å²) in [7, 11) is -0.535. The number of nitrogens with one attached hydrogen (secondary N) is 1. The van der Waals surface area contributed by atoms with Crippen LogP contribution in [0.2, 0.25) is 0 Å². The Morgan fingerprint density at radius 2 is 2.56 bits per heavy atom. The molecule has 0 saturated carbocycles. The lowest BCUT2D eigenvalue weighted by Crippen LogP contribution is -2.27. The van der Waals surface area contributed by atoms with Crippen LogP contribution in [0.25, 0.3) is 0 Å². The molecule has 4 N–H and O–H groups in total. The highest BCUT2D eigenvalue weighted by Gasteiger charge is 2.15. The van der Waals surface area contributed by atoms with Crippen LogP contribution in [0, 0.1) is 0 Å². The SMILES string of the molecule is NS1=C(C(=O)O)NCC1. The molecule has 52 valence electrons. The van der Waals surface area contributed by atoms with Gasteiger partial charge in [-0.15, -0.1) is 0 Å². The van der Waals surface area contributed by atoms with Crippen molar-refractivity contribution >= 4 is 21.6 Å². The van der Waals surface area contributed by atoms with E-state index in [1.807, 2.05) is 0 Å². The second kappa shape index (κ2) is 2.47. The lowest BCUT2D eigenvalue weighted by molar-refractivity contribution is -0.129. The number of carboxylic acid groups (broad SMARTS) is 1. The summed E-state index contributed by atoms with van der Waals surface area (Å²) >= 11 is 0. The molecule has 5 heteroatoms. The van der Waals surface area contributed by atoms with Gasteiger partial charge in [0.1, 0.15) is 4.99 Å². The summed E-state index contributed by atoms with van der Waals surface area (Å²) in [5, 5.41) is 16.5. The minimum absolute atomic E-state index is 0.273. The topological polar surface area (TPSA) is 75.4 Å². The predicted molar refractivity (Wildman–Crippen MR) is 37.3 cm³/mol. The van der Waals surface area contributed by atoms with Crippen molar-refractivity contribution in [1.82, 2.24) is 5.32 Å². The van der Waals surface area contributed by atoms with Gasteiger partial charge < -0.3 is 5.11 Å². The molecular formula is C4H8N2O2S. The number of nitrogens with two attached hydrogens (primary N) is 1. The Bertz CT molecular complexity index is 177. The van der Waals surface area contributed by atoms with Gasteiger partial charge in [-0.25, -0.2) is 4.79 Å². The van der Waals surface area contributed by atoms with Gasteiger partial charge in [0, 0.05) is 12.3 Å². The van der Waals surface area contributed by atoms with Crippen LogP contribution in [0.3, 0.4) is 0 Å². The number of rotatable bonds is 1. The maximum absolute atomic E-state index is 10.2. The van der Waals surface area contributed by atoms with E-state index in [9.17, 15) is 4.79 Å². The molecule has 9 heavy (non-hydrogen) atoms. The van der Waals surface area contributed by atoms with Crippen LogP contribution in [0.1, 0.15) is 0 Å². The molecule has 0 spiro atoms. The maximum Gasteiger partial charge on any atom is 0.353 e. The first kappa shape index (κ1) is 6.73. The quantitative estimate of drug-likeness (QED) is 0.415. The van der Waals surface area contributed by atoms with Crippen molar-refractivity contribution in [2.45, 2.75) is 0 Å². The zero-order chi connectivity index (χ0) is 6.85. The van der Waals surface area contributed by atoms with E-state index in [1.165, 1.54) is 0 Å². The lowest BCUT2D eigenvalue weighted by Gasteiger charge is -1.94. The average molecular weight is 148 g/mol. The number of carboxylic acids is 1. The summed E-state index contributed by atoms with van der Waals surface area (Å²) < 4.78 is 0. The van der Waals surface area contributed by atoms with Crippen LogP contribution in [0.15, 0.2) is 0 Å². The van der Waals surface area contributed by atoms with Gasteiger partial charge in [0.2, 0.25) is 0 Å². The predicted octanol–water partition coefficient (Wildman–Crippen LogP) is -1.05. The van der Waals surface area contributed by atoms with Gasteiger partial charge in [-0.05, 0) is 0 Å². The fourth-order valence-electron chi connectivity index (χ4n) is 0.657. The molecule has 0 fully saturated rings. The zero-order valence-corrected chi connectivity index (χ0v) is 5.57. The first-order chi connectivity index (χ1) is 4.22. The van der Waals surface area contributed by atoms with Crippen molar-refractivity contribution in [3.63, 3.8) is 0 Å². The van der Waals surface area contributed by atoms with Crippen LogP contribution in [-0.4, -0.2) is 28.4 Å². The second-order valence-electron chi connectivity index (χ2n) is 1.69. The Kier molecular flexibility index (Phi) is 1.84. The fraction of sp³-hybridized carbons (Fsp3) is 0.500. The molecule has 0 bridgehead atoms. The molecule has 1 aliphatic rings. The third kappa shape index (κ3) is 1.29. The number of aliphatic carboxylic acids is 1. The van der Waals surface area contributed by atoms with Crippen LogP contribution in [-0.2, 0) is 4.79 Å². The Balaban J connectivity index is 2.78. The van der Waals surface area contributed by atoms with Gasteiger partial charge >= 0.3 is 5.97 Å². The second-order valence-corrected chi connectivity index (χ2v) is 3.37. The first-order valence-electron chi connectivity index (χ1n) is 2.51. The van der Waals surface area contributed by atoms with E-state index < -0.39 is 16.6 Å². The molecule has 0 aromatic rings. The third-order valence-electron chi connectivity index (χ3n) is 1.06. The van der Waals surface area contributed by atoms with E-state index in [0.29, 0.717) is 6.54 Å². The monoisotopic (exact) mass is 148 g/mol. The van der Waals surface area contributed by atoms with Crippen LogP contribution in [0.5, 0.6) is 0 Å². The number of carbonyl (C=O) groups is 1. The zero-order valence-electron chi connectivity index (χ0n) is 4.76. The highest BCUT2D eigenvalue weighted by molar-refractivity contribution is 8.15. The van der Waals surface area contributed by atoms with Gasteiger partial charge in [-0.3, -0.25) is 10.5 Å². The van der Waals surface area contributed by atoms with E-state index in [2.05, 4.69) is 5.32 Å². The molecule has 1 heterocycles. The molecule has 1 atom stereocenters. The van der Waals surface area contributed by atoms with Crippen molar-refractivity contribution in [1.29, 1.82) is 0 Å². The van der Waals surface area contributed by atoms with Gasteiger partial charge in [0.25, 0.3) is 0 Å². The number of hydrogen-bond donors (Lipinski definition) is 3. The van der Waals surface area contributed by atoms with Gasteiger partial charge in [-0.2, -0.15) is 0 Å². The standard InChI is InChI=1S/C4H8N2O2S/c5-9-2-1-6-3(9)4(7)8/h6H,1-2,5H2,(H,7,8). The van der Waals surface area contributed by atoms with Crippen LogP contribution >= 0.6 is 10.7 Å². The van der Waals surface area contributed by atoms with Gasteiger partial charge in [0.15, 0.2) is 0 Å². The summed E-state index contributed by atoms with van der Waals surface area (Å²) in [5.74, 6) is -0.167. The van der Waals surface area contributed by atoms with E-state index in [1.54, 1.807) is 0 Å². The highest BCUT2D eigenvalue weighted by atomic mass is 32.2. The molecule has 0 amide bonds. The van der Waals surface area contributed by atoms with Crippen molar-refractivity contribution < 1.29 is 9.90 Å². The minimum Gasteiger partial charge on any atom is -0.477 e. The fourth-order valence-corrected chi connectivity index (χ4v) is 1.69. The summed E-state index contributed by atoms with van der Waals surface area (Å²) in [5.41, 5.74) is 0. The third-order valence-corrected chi connectivity index (χ3v) is 2.55. The molecule has 4 nitrogen and oxygen atoms in total. The molecule has 1 rings (SSSR count). The molecule has 0 aromatic heterocycles. The summed E-state index contributed by atoms with van der Waals surface area (Å²) in [6, 6.07) is 0. The van der Waals surface area contributed by atoms with Crippen molar-refractivity contribution in [3.05, 3.63) is 0 Å². The summed E-state index contributed by atoms with van der Waals surface area (Å²) in [4.78, 5) is 10.5. The Labute approximate surface area is 55.1 Å². The van der Waals surface area contributed by atoms with Crippen molar-refractivity contribution in [2.24, 2.45) is 5.14 Å². The molecule has 1 aliphatic heterocycles. The minimum atomic E-state index is -0.918. The smallest absolute Gasteiger partial charge is 0.353 e. The van der Waals surface area contributed by atoms with E-state index >= 15 is 0 Å². The van der Waals surface area contributed by atoms with Crippen molar-refractivity contribution in [2.75, 3.05) is 12.3 Å². The van der Waals surface area contributed by atoms with E-state index in [4.69, 9.17) is 10.2 Å². The lowest BCUT2D eigenvalue weighted by atomic mass is 10.6. The van der Waals surface area contributed by atoms with Crippen molar-refractivity contribution in [3.8, 4) is 0 Å². The van der Waals surface area contributed by atoms with E-state index in [0.717, 1.165) is 5.75 Å². The molecular weight excluding hydrogens is 140 g/mol. The molecule has 0 radical (unpaired) electrons. The molecule has 0 aromatic carbocycles. The van der Waals surface area contributed by atoms with Crippen LogP contribution < -0.4 is 10.5 Å². The maximum atomic E-state index is 10.2. The average Bonchev–Trinajstić information content (AvgIpc) is 2.13. The Morgan fingerprint density at radius 3 is 2.78 bits per heavy atom. The van der Waals surface area contributed by atoms with E-state index in [-0.39, 0.29) is 4.99 Å². The molecule has 0 aliphatic carbocycles. The Hall–Kier alpha value is -0.390. The molecule has 1 unspecified atom stereocenters. The first-order valence-corrected chi connectivity index (χ1v) is 3.97. The van der Waals surface area contributed by atoms with Gasteiger partial charge in [0.05, 0.1) is 0 Å². The molecule has 0 saturated heterocycles. The summed E-state index contributed by atoms with van der Waals surface area (Å²) in [6.45, 7) is 0.696. The van der Waals surface area contributed by atoms with Crippen LogP contribution in [0.4, 0.5) is 0 Å². The number of hydrogen-bond acceptors (Lipinski definition) is 3. The Morgan fingerprint density at radius 1 is 1.89 bits per heavy atom. The van der Waals surface area contributed by atoms with Gasteiger partial charge in [-0.1, -0.05) is 10.7 Å². The highest BCUT2D eigenvalue weighted by Crippen LogP contribution is 2.06.